The Bertz CT molecular complexity index is 409. The number of ether oxygens (including phenoxy) is 1. The lowest BCUT2D eigenvalue weighted by atomic mass is 10.1. The topological polar surface area (TPSA) is 55.6 Å². The summed E-state index contributed by atoms with van der Waals surface area (Å²) >= 11 is 5.81. The van der Waals surface area contributed by atoms with Crippen molar-refractivity contribution in [2.45, 2.75) is 13.0 Å². The summed E-state index contributed by atoms with van der Waals surface area (Å²) in [5, 5.41) is 0.453. The Morgan fingerprint density at radius 1 is 1.59 bits per heavy atom. The van der Waals surface area contributed by atoms with Crippen molar-refractivity contribution in [1.82, 2.24) is 4.90 Å². The molecule has 1 amide bonds. The van der Waals surface area contributed by atoms with E-state index in [1.165, 1.54) is 0 Å². The standard InChI is InChI=1S/C12H17ClN2O2/c1-8(7-17-3)15(2)12(16)9-4-5-10(13)11(14)6-9/h4-6,8H,7,14H2,1-3H3. The number of hydrogen-bond acceptors (Lipinski definition) is 3. The average Bonchev–Trinajstić information content (AvgIpc) is 2.31. The number of anilines is 1. The highest BCUT2D eigenvalue weighted by atomic mass is 35.5. The van der Waals surface area contributed by atoms with E-state index < -0.39 is 0 Å². The molecule has 0 aliphatic carbocycles. The highest BCUT2D eigenvalue weighted by molar-refractivity contribution is 6.33. The van der Waals surface area contributed by atoms with Crippen LogP contribution in [-0.2, 0) is 4.74 Å². The maximum absolute atomic E-state index is 12.1. The summed E-state index contributed by atoms with van der Waals surface area (Å²) in [6.07, 6.45) is 0. The molecule has 0 aromatic heterocycles. The quantitative estimate of drug-likeness (QED) is 0.839. The number of methoxy groups -OCH3 is 1. The average molecular weight is 257 g/mol. The molecule has 0 saturated heterocycles. The van der Waals surface area contributed by atoms with Crippen LogP contribution in [0.1, 0.15) is 17.3 Å². The molecular formula is C12H17ClN2O2. The molecule has 0 heterocycles. The number of halogens is 1. The number of likely N-dealkylation sites (N-methyl/N-ethyl adjacent to an activating group) is 1. The van der Waals surface area contributed by atoms with Gasteiger partial charge in [0.1, 0.15) is 0 Å². The summed E-state index contributed by atoms with van der Waals surface area (Å²) in [7, 11) is 3.34. The van der Waals surface area contributed by atoms with Crippen LogP contribution in [0.25, 0.3) is 0 Å². The van der Waals surface area contributed by atoms with Crippen molar-refractivity contribution in [3.05, 3.63) is 28.8 Å². The highest BCUT2D eigenvalue weighted by Gasteiger charge is 2.17. The Labute approximate surface area is 106 Å². The van der Waals surface area contributed by atoms with Crippen LogP contribution in [0.4, 0.5) is 5.69 Å². The molecule has 1 aromatic rings. The maximum atomic E-state index is 12.1. The molecule has 4 nitrogen and oxygen atoms in total. The second-order valence-electron chi connectivity index (χ2n) is 3.96. The summed E-state index contributed by atoms with van der Waals surface area (Å²) in [5.41, 5.74) is 6.60. The van der Waals surface area contributed by atoms with Gasteiger partial charge in [0.25, 0.3) is 5.91 Å². The maximum Gasteiger partial charge on any atom is 0.253 e. The summed E-state index contributed by atoms with van der Waals surface area (Å²) in [6, 6.07) is 4.88. The Morgan fingerprint density at radius 3 is 2.76 bits per heavy atom. The SMILES string of the molecule is COCC(C)N(C)C(=O)c1ccc(Cl)c(N)c1. The molecule has 1 rings (SSSR count). The summed E-state index contributed by atoms with van der Waals surface area (Å²) in [6.45, 7) is 2.41. The molecule has 2 N–H and O–H groups in total. The van der Waals surface area contributed by atoms with Crippen LogP contribution < -0.4 is 5.73 Å². The number of carbonyl (C=O) groups excluding carboxylic acids is 1. The van der Waals surface area contributed by atoms with E-state index >= 15 is 0 Å². The summed E-state index contributed by atoms with van der Waals surface area (Å²) in [4.78, 5) is 13.7. The van der Waals surface area contributed by atoms with Crippen LogP contribution >= 0.6 is 11.6 Å². The largest absolute Gasteiger partial charge is 0.398 e. The molecule has 0 radical (unpaired) electrons. The number of rotatable bonds is 4. The van der Waals surface area contributed by atoms with Gasteiger partial charge in [0.05, 0.1) is 23.4 Å². The van der Waals surface area contributed by atoms with Gasteiger partial charge < -0.3 is 15.4 Å². The van der Waals surface area contributed by atoms with E-state index in [1.54, 1.807) is 37.3 Å². The van der Waals surface area contributed by atoms with Crippen LogP contribution in [0.3, 0.4) is 0 Å². The van der Waals surface area contributed by atoms with E-state index in [0.717, 1.165) is 0 Å². The van der Waals surface area contributed by atoms with Gasteiger partial charge in [0.2, 0.25) is 0 Å². The minimum absolute atomic E-state index is 0.00408. The molecule has 94 valence electrons. The van der Waals surface area contributed by atoms with Crippen LogP contribution in [0.2, 0.25) is 5.02 Å². The van der Waals surface area contributed by atoms with Gasteiger partial charge in [0.15, 0.2) is 0 Å². The zero-order chi connectivity index (χ0) is 13.0. The van der Waals surface area contributed by atoms with Crippen LogP contribution in [0, 0.1) is 0 Å². The van der Waals surface area contributed by atoms with Gasteiger partial charge in [-0.1, -0.05) is 11.6 Å². The normalized spacial score (nSPS) is 12.2. The van der Waals surface area contributed by atoms with Gasteiger partial charge in [-0.3, -0.25) is 4.79 Å². The molecule has 0 aliphatic heterocycles. The summed E-state index contributed by atoms with van der Waals surface area (Å²) < 4.78 is 5.01. The second-order valence-corrected chi connectivity index (χ2v) is 4.36. The first-order valence-electron chi connectivity index (χ1n) is 5.28. The molecule has 1 unspecified atom stereocenters. The summed E-state index contributed by atoms with van der Waals surface area (Å²) in [5.74, 6) is -0.0992. The van der Waals surface area contributed by atoms with Crippen LogP contribution in [0.15, 0.2) is 18.2 Å². The monoisotopic (exact) mass is 256 g/mol. The molecule has 0 bridgehead atoms. The van der Waals surface area contributed by atoms with E-state index in [1.807, 2.05) is 6.92 Å². The predicted octanol–water partition coefficient (Wildman–Crippen LogP) is 2.03. The number of benzene rings is 1. The number of nitrogens with two attached hydrogens (primary N) is 1. The number of nitrogens with zero attached hydrogens (tertiary/aromatic N) is 1. The number of carbonyl (C=O) groups is 1. The molecule has 1 aromatic carbocycles. The van der Waals surface area contributed by atoms with Crippen molar-refractivity contribution in [3.8, 4) is 0 Å². The number of nitrogen functional groups attached to an aromatic ring is 1. The molecule has 0 fully saturated rings. The fourth-order valence-electron chi connectivity index (χ4n) is 1.43. The molecule has 0 saturated carbocycles. The second kappa shape index (κ2) is 5.89. The predicted molar refractivity (Wildman–Crippen MR) is 69.3 cm³/mol. The van der Waals surface area contributed by atoms with Crippen molar-refractivity contribution in [1.29, 1.82) is 0 Å². The Hall–Kier alpha value is -1.26. The minimum atomic E-state index is -0.0992. The van der Waals surface area contributed by atoms with Crippen LogP contribution in [0.5, 0.6) is 0 Å². The van der Waals surface area contributed by atoms with E-state index in [0.29, 0.717) is 22.9 Å². The van der Waals surface area contributed by atoms with Crippen molar-refractivity contribution >= 4 is 23.2 Å². The molecule has 5 heteroatoms. The molecule has 0 spiro atoms. The third-order valence-electron chi connectivity index (χ3n) is 2.63. The Morgan fingerprint density at radius 2 is 2.24 bits per heavy atom. The fourth-order valence-corrected chi connectivity index (χ4v) is 1.55. The lowest BCUT2D eigenvalue weighted by molar-refractivity contribution is 0.0633. The van der Waals surface area contributed by atoms with Gasteiger partial charge in [-0.05, 0) is 25.1 Å². The minimum Gasteiger partial charge on any atom is -0.398 e. The van der Waals surface area contributed by atoms with Crippen molar-refractivity contribution < 1.29 is 9.53 Å². The molecular weight excluding hydrogens is 240 g/mol. The first kappa shape index (κ1) is 13.8. The van der Waals surface area contributed by atoms with Crippen molar-refractivity contribution in [2.24, 2.45) is 0 Å². The Balaban J connectivity index is 2.85. The van der Waals surface area contributed by atoms with Gasteiger partial charge in [0, 0.05) is 19.7 Å². The smallest absolute Gasteiger partial charge is 0.253 e. The zero-order valence-corrected chi connectivity index (χ0v) is 11.0. The van der Waals surface area contributed by atoms with Crippen LogP contribution in [-0.4, -0.2) is 37.6 Å². The number of hydrogen-bond donors (Lipinski definition) is 1. The first-order chi connectivity index (χ1) is 7.97. The third kappa shape index (κ3) is 3.35. The van der Waals surface area contributed by atoms with Crippen molar-refractivity contribution in [3.63, 3.8) is 0 Å². The van der Waals surface area contributed by atoms with Crippen molar-refractivity contribution in [2.75, 3.05) is 26.5 Å². The lowest BCUT2D eigenvalue weighted by Crippen LogP contribution is -2.37. The van der Waals surface area contributed by atoms with Gasteiger partial charge in [-0.2, -0.15) is 0 Å². The van der Waals surface area contributed by atoms with E-state index in [9.17, 15) is 4.79 Å². The zero-order valence-electron chi connectivity index (χ0n) is 10.2. The van der Waals surface area contributed by atoms with Gasteiger partial charge >= 0.3 is 0 Å². The molecule has 17 heavy (non-hydrogen) atoms. The van der Waals surface area contributed by atoms with E-state index in [2.05, 4.69) is 0 Å². The lowest BCUT2D eigenvalue weighted by Gasteiger charge is -2.24. The molecule has 0 aliphatic rings. The number of amides is 1. The first-order valence-corrected chi connectivity index (χ1v) is 5.66. The third-order valence-corrected chi connectivity index (χ3v) is 2.98. The van der Waals surface area contributed by atoms with Gasteiger partial charge in [-0.15, -0.1) is 0 Å². The highest BCUT2D eigenvalue weighted by Crippen LogP contribution is 2.20. The van der Waals surface area contributed by atoms with Gasteiger partial charge in [-0.25, -0.2) is 0 Å². The molecule has 1 atom stereocenters. The fraction of sp³-hybridized carbons (Fsp3) is 0.417. The van der Waals surface area contributed by atoms with E-state index in [4.69, 9.17) is 22.1 Å². The Kier molecular flexibility index (Phi) is 4.78. The van der Waals surface area contributed by atoms with E-state index in [-0.39, 0.29) is 11.9 Å².